The first-order valence-electron chi connectivity index (χ1n) is 8.75. The van der Waals surface area contributed by atoms with Crippen LogP contribution in [0, 0.1) is 17.8 Å². The van der Waals surface area contributed by atoms with Crippen molar-refractivity contribution in [2.75, 3.05) is 39.9 Å². The molecule has 2 rings (SSSR count). The molecule has 1 N–H and O–H groups in total. The molecule has 0 aromatic rings. The van der Waals surface area contributed by atoms with Gasteiger partial charge in [-0.3, -0.25) is 0 Å². The number of allylic oxidation sites excluding steroid dienone is 2. The molecule has 3 unspecified atom stereocenters. The first-order valence-corrected chi connectivity index (χ1v) is 8.75. The van der Waals surface area contributed by atoms with Crippen molar-refractivity contribution in [3.05, 3.63) is 12.2 Å². The molecular weight excluding hydrogens is 292 g/mol. The third-order valence-corrected chi connectivity index (χ3v) is 4.60. The van der Waals surface area contributed by atoms with Crippen molar-refractivity contribution < 1.29 is 14.3 Å². The fraction of sp³-hybridized carbons (Fsp3) is 0.833. The summed E-state index contributed by atoms with van der Waals surface area (Å²) in [4.78, 5) is 14.0. The second-order valence-electron chi connectivity index (χ2n) is 7.70. The van der Waals surface area contributed by atoms with Crippen molar-refractivity contribution in [2.24, 2.45) is 17.8 Å². The Balaban J connectivity index is 1.70. The van der Waals surface area contributed by atoms with E-state index in [1.807, 2.05) is 20.8 Å². The monoisotopic (exact) mass is 324 g/mol. The lowest BCUT2D eigenvalue weighted by molar-refractivity contribution is 0.0204. The van der Waals surface area contributed by atoms with Gasteiger partial charge in [-0.1, -0.05) is 12.2 Å². The lowest BCUT2D eigenvalue weighted by Crippen LogP contribution is -2.42. The van der Waals surface area contributed by atoms with Crippen molar-refractivity contribution in [3.63, 3.8) is 0 Å². The Morgan fingerprint density at radius 1 is 1.26 bits per heavy atom. The zero-order chi connectivity index (χ0) is 16.9. The van der Waals surface area contributed by atoms with Crippen LogP contribution in [-0.4, -0.2) is 56.5 Å². The van der Waals surface area contributed by atoms with Crippen LogP contribution in [0.2, 0.25) is 0 Å². The van der Waals surface area contributed by atoms with Crippen LogP contribution in [0.1, 0.15) is 33.6 Å². The summed E-state index contributed by atoms with van der Waals surface area (Å²) in [5.74, 6) is 2.34. The SMILES string of the molecule is COCCN(CCNCC1CC2C=CC1C2)C(=O)OC(C)(C)C. The number of nitrogens with zero attached hydrogens (tertiary/aromatic N) is 1. The van der Waals surface area contributed by atoms with Gasteiger partial charge in [0.1, 0.15) is 5.60 Å². The average Bonchev–Trinajstić information content (AvgIpc) is 3.07. The van der Waals surface area contributed by atoms with E-state index in [-0.39, 0.29) is 6.09 Å². The Bertz CT molecular complexity index is 417. The molecule has 0 aliphatic heterocycles. The Kier molecular flexibility index (Phi) is 6.48. The molecular formula is C18H32N2O3. The maximum absolute atomic E-state index is 12.2. The summed E-state index contributed by atoms with van der Waals surface area (Å²) in [6.07, 6.45) is 7.14. The third-order valence-electron chi connectivity index (χ3n) is 4.60. The Morgan fingerprint density at radius 3 is 2.61 bits per heavy atom. The molecule has 0 spiro atoms. The Morgan fingerprint density at radius 2 is 2.04 bits per heavy atom. The highest BCUT2D eigenvalue weighted by Crippen LogP contribution is 2.42. The van der Waals surface area contributed by atoms with E-state index in [1.165, 1.54) is 12.8 Å². The molecule has 0 aromatic carbocycles. The van der Waals surface area contributed by atoms with E-state index in [2.05, 4.69) is 17.5 Å². The number of amides is 1. The average molecular weight is 324 g/mol. The number of ether oxygens (including phenoxy) is 2. The molecule has 23 heavy (non-hydrogen) atoms. The van der Waals surface area contributed by atoms with E-state index in [1.54, 1.807) is 12.0 Å². The van der Waals surface area contributed by atoms with Crippen LogP contribution in [-0.2, 0) is 9.47 Å². The molecule has 1 fully saturated rings. The Hall–Kier alpha value is -1.07. The lowest BCUT2D eigenvalue weighted by Gasteiger charge is -2.27. The quantitative estimate of drug-likeness (QED) is 0.551. The third kappa shape index (κ3) is 5.81. The number of methoxy groups -OCH3 is 1. The molecule has 5 heteroatoms. The van der Waals surface area contributed by atoms with E-state index in [0.717, 1.165) is 30.8 Å². The zero-order valence-corrected chi connectivity index (χ0v) is 15.0. The number of carbonyl (C=O) groups is 1. The fourth-order valence-electron chi connectivity index (χ4n) is 3.45. The molecule has 0 radical (unpaired) electrons. The molecule has 5 nitrogen and oxygen atoms in total. The highest BCUT2D eigenvalue weighted by atomic mass is 16.6. The van der Waals surface area contributed by atoms with Crippen molar-refractivity contribution in [1.29, 1.82) is 0 Å². The minimum atomic E-state index is -0.467. The molecule has 2 aliphatic carbocycles. The summed E-state index contributed by atoms with van der Waals surface area (Å²) in [5.41, 5.74) is -0.467. The van der Waals surface area contributed by atoms with Gasteiger partial charge in [0.25, 0.3) is 0 Å². The van der Waals surface area contributed by atoms with Crippen LogP contribution >= 0.6 is 0 Å². The van der Waals surface area contributed by atoms with Crippen LogP contribution in [0.25, 0.3) is 0 Å². The van der Waals surface area contributed by atoms with Crippen molar-refractivity contribution in [1.82, 2.24) is 10.2 Å². The second-order valence-corrected chi connectivity index (χ2v) is 7.70. The summed E-state index contributed by atoms with van der Waals surface area (Å²) < 4.78 is 10.6. The maximum atomic E-state index is 12.2. The predicted octanol–water partition coefficient (Wildman–Crippen LogP) is 2.67. The van der Waals surface area contributed by atoms with E-state index in [4.69, 9.17) is 9.47 Å². The Labute approximate surface area is 140 Å². The van der Waals surface area contributed by atoms with Crippen LogP contribution < -0.4 is 5.32 Å². The van der Waals surface area contributed by atoms with E-state index < -0.39 is 5.60 Å². The van der Waals surface area contributed by atoms with Gasteiger partial charge in [-0.05, 0) is 57.9 Å². The fourth-order valence-corrected chi connectivity index (χ4v) is 3.45. The van der Waals surface area contributed by atoms with Gasteiger partial charge in [0, 0.05) is 26.7 Å². The van der Waals surface area contributed by atoms with Gasteiger partial charge in [-0.2, -0.15) is 0 Å². The van der Waals surface area contributed by atoms with Gasteiger partial charge in [0.05, 0.1) is 6.61 Å². The first-order chi connectivity index (χ1) is 10.9. The highest BCUT2D eigenvalue weighted by molar-refractivity contribution is 5.68. The van der Waals surface area contributed by atoms with E-state index in [0.29, 0.717) is 19.7 Å². The zero-order valence-electron chi connectivity index (χ0n) is 15.0. The summed E-state index contributed by atoms with van der Waals surface area (Å²) in [7, 11) is 1.65. The smallest absolute Gasteiger partial charge is 0.410 e. The number of carbonyl (C=O) groups excluding carboxylic acids is 1. The number of rotatable bonds is 8. The summed E-state index contributed by atoms with van der Waals surface area (Å²) in [5, 5.41) is 3.51. The second kappa shape index (κ2) is 8.15. The standard InChI is InChI=1S/C18H32N2O3/c1-18(2,3)23-17(21)20(9-10-22-4)8-7-19-13-16-12-14-5-6-15(16)11-14/h5-6,14-16,19H,7-13H2,1-4H3. The van der Waals surface area contributed by atoms with Gasteiger partial charge in [0.2, 0.25) is 0 Å². The normalized spacial score (nSPS) is 25.8. The topological polar surface area (TPSA) is 50.8 Å². The lowest BCUT2D eigenvalue weighted by atomic mass is 9.94. The molecule has 2 bridgehead atoms. The maximum Gasteiger partial charge on any atom is 0.410 e. The first kappa shape index (κ1) is 18.3. The van der Waals surface area contributed by atoms with Gasteiger partial charge in [-0.15, -0.1) is 0 Å². The van der Waals surface area contributed by atoms with Crippen LogP contribution in [0.15, 0.2) is 12.2 Å². The summed E-state index contributed by atoms with van der Waals surface area (Å²) >= 11 is 0. The van der Waals surface area contributed by atoms with Gasteiger partial charge in [0.15, 0.2) is 0 Å². The molecule has 132 valence electrons. The molecule has 1 amide bonds. The number of hydrogen-bond acceptors (Lipinski definition) is 4. The number of hydrogen-bond donors (Lipinski definition) is 1. The van der Waals surface area contributed by atoms with Crippen LogP contribution in [0.5, 0.6) is 0 Å². The number of nitrogens with one attached hydrogen (secondary N) is 1. The minimum absolute atomic E-state index is 0.265. The molecule has 3 atom stereocenters. The summed E-state index contributed by atoms with van der Waals surface area (Å²) in [6.45, 7) is 9.23. The largest absolute Gasteiger partial charge is 0.444 e. The van der Waals surface area contributed by atoms with Gasteiger partial charge in [-0.25, -0.2) is 4.79 Å². The predicted molar refractivity (Wildman–Crippen MR) is 91.4 cm³/mol. The van der Waals surface area contributed by atoms with Crippen molar-refractivity contribution >= 4 is 6.09 Å². The van der Waals surface area contributed by atoms with E-state index >= 15 is 0 Å². The van der Waals surface area contributed by atoms with Crippen LogP contribution in [0.3, 0.4) is 0 Å². The molecule has 1 saturated carbocycles. The molecule has 0 aromatic heterocycles. The number of fused-ring (bicyclic) bond motifs is 2. The highest BCUT2D eigenvalue weighted by Gasteiger charge is 2.35. The minimum Gasteiger partial charge on any atom is -0.444 e. The molecule has 2 aliphatic rings. The van der Waals surface area contributed by atoms with E-state index in [9.17, 15) is 4.79 Å². The molecule has 0 saturated heterocycles. The van der Waals surface area contributed by atoms with Crippen molar-refractivity contribution in [2.45, 2.75) is 39.2 Å². The van der Waals surface area contributed by atoms with Gasteiger partial charge < -0.3 is 19.7 Å². The molecule has 0 heterocycles. The van der Waals surface area contributed by atoms with Crippen LogP contribution in [0.4, 0.5) is 4.79 Å². The van der Waals surface area contributed by atoms with Crippen molar-refractivity contribution in [3.8, 4) is 0 Å². The van der Waals surface area contributed by atoms with Gasteiger partial charge >= 0.3 is 6.09 Å². The summed E-state index contributed by atoms with van der Waals surface area (Å²) in [6, 6.07) is 0.